The normalized spacial score (nSPS) is 23.2. The van der Waals surface area contributed by atoms with Gasteiger partial charge in [0.2, 0.25) is 5.91 Å². The predicted molar refractivity (Wildman–Crippen MR) is 66.0 cm³/mol. The zero-order valence-corrected chi connectivity index (χ0v) is 10.4. The summed E-state index contributed by atoms with van der Waals surface area (Å²) >= 11 is 0. The lowest BCUT2D eigenvalue weighted by atomic mass is 10.2. The van der Waals surface area contributed by atoms with Gasteiger partial charge in [-0.05, 0) is 6.08 Å². The number of hydrogen-bond acceptors (Lipinski definition) is 4. The maximum absolute atomic E-state index is 11.9. The van der Waals surface area contributed by atoms with E-state index in [-0.39, 0.29) is 13.0 Å². The number of aliphatic carboxylic acids is 1. The molecule has 1 saturated heterocycles. The van der Waals surface area contributed by atoms with Crippen LogP contribution in [0.2, 0.25) is 0 Å². The van der Waals surface area contributed by atoms with E-state index in [4.69, 9.17) is 5.11 Å². The molecule has 0 spiro atoms. The molecule has 7 nitrogen and oxygen atoms in total. The third kappa shape index (κ3) is 3.00. The molecule has 2 atom stereocenters. The van der Waals surface area contributed by atoms with Gasteiger partial charge in [-0.25, -0.2) is 4.79 Å². The fourth-order valence-electron chi connectivity index (χ4n) is 2.08. The number of β-amino-alcohol motifs (C(OH)–C–C–N with tert-alkyl or cyclic N) is 1. The minimum Gasteiger partial charge on any atom is -0.480 e. The number of amides is 1. The Labute approximate surface area is 109 Å². The summed E-state index contributed by atoms with van der Waals surface area (Å²) in [6.07, 6.45) is 5.48. The van der Waals surface area contributed by atoms with Crippen molar-refractivity contribution in [1.29, 1.82) is 0 Å². The topological polar surface area (TPSA) is 95.7 Å². The number of hydrogen-bond donors (Lipinski definition) is 2. The van der Waals surface area contributed by atoms with Crippen LogP contribution in [0.3, 0.4) is 0 Å². The lowest BCUT2D eigenvalue weighted by molar-refractivity contribution is -0.146. The second-order valence-corrected chi connectivity index (χ2v) is 4.51. The lowest BCUT2D eigenvalue weighted by Gasteiger charge is -2.19. The molecule has 1 aliphatic heterocycles. The fourth-order valence-corrected chi connectivity index (χ4v) is 2.08. The average molecular weight is 265 g/mol. The molecule has 0 aromatic carbocycles. The first-order chi connectivity index (χ1) is 8.97. The SMILES string of the molecule is Cn1cc(C=CC(=O)N2C[C@@H](O)C[C@H]2C(=O)O)cn1. The summed E-state index contributed by atoms with van der Waals surface area (Å²) < 4.78 is 1.60. The molecule has 1 amide bonds. The monoisotopic (exact) mass is 265 g/mol. The summed E-state index contributed by atoms with van der Waals surface area (Å²) in [7, 11) is 1.76. The Morgan fingerprint density at radius 1 is 1.53 bits per heavy atom. The van der Waals surface area contributed by atoms with Gasteiger partial charge in [-0.1, -0.05) is 0 Å². The maximum atomic E-state index is 11.9. The number of aliphatic hydroxyl groups excluding tert-OH is 1. The predicted octanol–water partition coefficient (Wildman–Crippen LogP) is -0.520. The highest BCUT2D eigenvalue weighted by Gasteiger charge is 2.37. The molecular formula is C12H15N3O4. The van der Waals surface area contributed by atoms with Crippen LogP contribution in [0.5, 0.6) is 0 Å². The molecule has 1 aromatic rings. The minimum absolute atomic E-state index is 0.0488. The van der Waals surface area contributed by atoms with Gasteiger partial charge in [0, 0.05) is 37.8 Å². The molecule has 1 aliphatic rings. The Hall–Kier alpha value is -2.15. The third-order valence-corrected chi connectivity index (χ3v) is 2.99. The summed E-state index contributed by atoms with van der Waals surface area (Å²) in [4.78, 5) is 24.1. The Morgan fingerprint density at radius 2 is 2.26 bits per heavy atom. The number of rotatable bonds is 3. The number of aliphatic hydroxyl groups is 1. The Bertz CT molecular complexity index is 523. The Morgan fingerprint density at radius 3 is 2.84 bits per heavy atom. The number of likely N-dealkylation sites (tertiary alicyclic amines) is 1. The molecule has 2 rings (SSSR count). The van der Waals surface area contributed by atoms with Crippen molar-refractivity contribution in [3.05, 3.63) is 24.0 Å². The van der Waals surface area contributed by atoms with Crippen molar-refractivity contribution in [2.24, 2.45) is 7.05 Å². The van der Waals surface area contributed by atoms with E-state index < -0.39 is 24.0 Å². The van der Waals surface area contributed by atoms with E-state index in [9.17, 15) is 14.7 Å². The van der Waals surface area contributed by atoms with Crippen LogP contribution < -0.4 is 0 Å². The number of carboxylic acid groups (broad SMARTS) is 1. The molecule has 102 valence electrons. The van der Waals surface area contributed by atoms with Gasteiger partial charge in [0.15, 0.2) is 0 Å². The van der Waals surface area contributed by atoms with Crippen molar-refractivity contribution in [1.82, 2.24) is 14.7 Å². The van der Waals surface area contributed by atoms with Crippen LogP contribution in [0.4, 0.5) is 0 Å². The average Bonchev–Trinajstić information content (AvgIpc) is 2.92. The first-order valence-corrected chi connectivity index (χ1v) is 5.85. The van der Waals surface area contributed by atoms with Crippen LogP contribution in [-0.2, 0) is 16.6 Å². The fraction of sp³-hybridized carbons (Fsp3) is 0.417. The van der Waals surface area contributed by atoms with Gasteiger partial charge in [-0.15, -0.1) is 0 Å². The minimum atomic E-state index is -1.10. The van der Waals surface area contributed by atoms with Gasteiger partial charge in [0.05, 0.1) is 12.3 Å². The molecule has 7 heteroatoms. The van der Waals surface area contributed by atoms with Crippen LogP contribution in [0.1, 0.15) is 12.0 Å². The summed E-state index contributed by atoms with van der Waals surface area (Å²) in [5, 5.41) is 22.4. The number of carbonyl (C=O) groups is 2. The van der Waals surface area contributed by atoms with Crippen molar-refractivity contribution in [3.8, 4) is 0 Å². The van der Waals surface area contributed by atoms with Gasteiger partial charge < -0.3 is 15.1 Å². The first kappa shape index (κ1) is 13.3. The van der Waals surface area contributed by atoms with E-state index in [0.29, 0.717) is 0 Å². The Balaban J connectivity index is 2.06. The van der Waals surface area contributed by atoms with Crippen LogP contribution in [0.15, 0.2) is 18.5 Å². The number of carbonyl (C=O) groups excluding carboxylic acids is 1. The zero-order valence-electron chi connectivity index (χ0n) is 10.4. The summed E-state index contributed by atoms with van der Waals surface area (Å²) in [6, 6.07) is -0.957. The smallest absolute Gasteiger partial charge is 0.326 e. The van der Waals surface area contributed by atoms with Gasteiger partial charge in [0.1, 0.15) is 6.04 Å². The Kier molecular flexibility index (Phi) is 3.66. The second kappa shape index (κ2) is 5.23. The van der Waals surface area contributed by atoms with E-state index in [1.807, 2.05) is 0 Å². The largest absolute Gasteiger partial charge is 0.480 e. The van der Waals surface area contributed by atoms with Crippen LogP contribution in [0, 0.1) is 0 Å². The standard InChI is InChI=1S/C12H15N3O4/c1-14-6-8(5-13-14)2-3-11(17)15-7-9(16)4-10(15)12(18)19/h2-3,5-6,9-10,16H,4,7H2,1H3,(H,18,19)/t9-,10-/m0/s1. The zero-order chi connectivity index (χ0) is 14.0. The molecule has 0 bridgehead atoms. The molecule has 2 N–H and O–H groups in total. The quantitative estimate of drug-likeness (QED) is 0.717. The van der Waals surface area contributed by atoms with Crippen LogP contribution >= 0.6 is 0 Å². The molecule has 0 saturated carbocycles. The highest BCUT2D eigenvalue weighted by atomic mass is 16.4. The van der Waals surface area contributed by atoms with Gasteiger partial charge in [0.25, 0.3) is 0 Å². The van der Waals surface area contributed by atoms with E-state index >= 15 is 0 Å². The lowest BCUT2D eigenvalue weighted by Crippen LogP contribution is -2.39. The summed E-state index contributed by atoms with van der Waals surface area (Å²) in [5.41, 5.74) is 0.752. The van der Waals surface area contributed by atoms with Gasteiger partial charge in [-0.2, -0.15) is 5.10 Å². The highest BCUT2D eigenvalue weighted by Crippen LogP contribution is 2.18. The molecule has 0 radical (unpaired) electrons. The summed E-state index contributed by atoms with van der Waals surface area (Å²) in [5.74, 6) is -1.52. The van der Waals surface area contributed by atoms with Crippen molar-refractivity contribution in [2.75, 3.05) is 6.54 Å². The van der Waals surface area contributed by atoms with E-state index in [1.165, 1.54) is 11.0 Å². The van der Waals surface area contributed by atoms with Crippen LogP contribution in [-0.4, -0.2) is 55.5 Å². The van der Waals surface area contributed by atoms with Crippen molar-refractivity contribution >= 4 is 18.0 Å². The van der Waals surface area contributed by atoms with E-state index in [1.54, 1.807) is 30.2 Å². The molecule has 1 fully saturated rings. The maximum Gasteiger partial charge on any atom is 0.326 e. The molecule has 0 unspecified atom stereocenters. The van der Waals surface area contributed by atoms with Crippen molar-refractivity contribution in [2.45, 2.75) is 18.6 Å². The van der Waals surface area contributed by atoms with E-state index in [0.717, 1.165) is 5.56 Å². The molecule has 19 heavy (non-hydrogen) atoms. The molecule has 1 aromatic heterocycles. The van der Waals surface area contributed by atoms with Crippen molar-refractivity contribution in [3.63, 3.8) is 0 Å². The highest BCUT2D eigenvalue weighted by molar-refractivity contribution is 5.94. The third-order valence-electron chi connectivity index (χ3n) is 2.99. The van der Waals surface area contributed by atoms with Gasteiger partial charge in [-0.3, -0.25) is 9.48 Å². The summed E-state index contributed by atoms with van der Waals surface area (Å²) in [6.45, 7) is 0.0488. The number of nitrogens with zero attached hydrogens (tertiary/aromatic N) is 3. The first-order valence-electron chi connectivity index (χ1n) is 5.85. The second-order valence-electron chi connectivity index (χ2n) is 4.51. The number of carboxylic acids is 1. The molecule has 2 heterocycles. The van der Waals surface area contributed by atoms with Crippen molar-refractivity contribution < 1.29 is 19.8 Å². The molecular weight excluding hydrogens is 250 g/mol. The number of aromatic nitrogens is 2. The molecule has 0 aliphatic carbocycles. The number of aryl methyl sites for hydroxylation is 1. The van der Waals surface area contributed by atoms with Gasteiger partial charge >= 0.3 is 5.97 Å². The van der Waals surface area contributed by atoms with Crippen LogP contribution in [0.25, 0.3) is 6.08 Å². The van der Waals surface area contributed by atoms with E-state index in [2.05, 4.69) is 5.10 Å².